The van der Waals surface area contributed by atoms with Crippen molar-refractivity contribution in [3.8, 4) is 0 Å². The van der Waals surface area contributed by atoms with E-state index in [0.717, 1.165) is 26.2 Å². The molecule has 1 aliphatic heterocycles. The van der Waals surface area contributed by atoms with Crippen molar-refractivity contribution < 1.29 is 14.3 Å². The smallest absolute Gasteiger partial charge is 0.340 e. The number of amides is 2. The van der Waals surface area contributed by atoms with E-state index in [0.29, 0.717) is 23.9 Å². The molecule has 148 valence electrons. The minimum Gasteiger partial charge on any atom is -0.462 e. The molecule has 2 aliphatic rings. The molecule has 0 unspecified atom stereocenters. The first-order chi connectivity index (χ1) is 13.2. The van der Waals surface area contributed by atoms with Gasteiger partial charge in [0.15, 0.2) is 0 Å². The molecule has 0 aromatic heterocycles. The number of para-hydroxylation sites is 1. The van der Waals surface area contributed by atoms with Crippen molar-refractivity contribution in [2.45, 2.75) is 51.5 Å². The highest BCUT2D eigenvalue weighted by atomic mass is 16.5. The summed E-state index contributed by atoms with van der Waals surface area (Å²) in [5.41, 5.74) is 0.900. The van der Waals surface area contributed by atoms with Gasteiger partial charge in [0.2, 0.25) is 0 Å². The first-order valence-electron chi connectivity index (χ1n) is 10.2. The van der Waals surface area contributed by atoms with Crippen LogP contribution in [-0.2, 0) is 4.74 Å². The highest BCUT2D eigenvalue weighted by molar-refractivity contribution is 6.00. The van der Waals surface area contributed by atoms with E-state index in [2.05, 4.69) is 10.2 Å². The molecule has 0 atom stereocenters. The normalized spacial score (nSPS) is 19.4. The topological polar surface area (TPSA) is 61.9 Å². The second-order valence-corrected chi connectivity index (χ2v) is 7.36. The Morgan fingerprint density at radius 3 is 2.37 bits per heavy atom. The van der Waals surface area contributed by atoms with Crippen LogP contribution in [0.25, 0.3) is 0 Å². The summed E-state index contributed by atoms with van der Waals surface area (Å²) in [6.45, 7) is 5.39. The van der Waals surface area contributed by atoms with Crippen LogP contribution in [-0.4, -0.2) is 60.6 Å². The molecule has 1 heterocycles. The number of hydrogen-bond acceptors (Lipinski definition) is 4. The molecular formula is C21H31N3O3. The van der Waals surface area contributed by atoms with E-state index in [-0.39, 0.29) is 6.03 Å². The zero-order valence-corrected chi connectivity index (χ0v) is 16.3. The van der Waals surface area contributed by atoms with Crippen LogP contribution in [0, 0.1) is 0 Å². The number of carbonyl (C=O) groups is 2. The van der Waals surface area contributed by atoms with Crippen molar-refractivity contribution >= 4 is 17.7 Å². The summed E-state index contributed by atoms with van der Waals surface area (Å²) in [4.78, 5) is 29.2. The van der Waals surface area contributed by atoms with E-state index in [9.17, 15) is 9.59 Å². The van der Waals surface area contributed by atoms with Gasteiger partial charge >= 0.3 is 12.0 Å². The average Bonchev–Trinajstić information content (AvgIpc) is 2.98. The summed E-state index contributed by atoms with van der Waals surface area (Å²) in [6.07, 6.45) is 7.96. The Bertz CT molecular complexity index is 633. The Hall–Kier alpha value is -2.08. The Balaban J connectivity index is 1.55. The third kappa shape index (κ3) is 5.22. The summed E-state index contributed by atoms with van der Waals surface area (Å²) >= 11 is 0. The van der Waals surface area contributed by atoms with E-state index < -0.39 is 5.97 Å². The molecule has 0 bridgehead atoms. The fourth-order valence-corrected chi connectivity index (χ4v) is 4.09. The van der Waals surface area contributed by atoms with Gasteiger partial charge in [-0.2, -0.15) is 0 Å². The SMILES string of the molecule is CCOC(=O)c1ccccc1NC(=O)N1CCN(C2CCCCCC2)CC1. The highest BCUT2D eigenvalue weighted by Crippen LogP contribution is 2.23. The molecule has 0 spiro atoms. The number of nitrogens with one attached hydrogen (secondary N) is 1. The highest BCUT2D eigenvalue weighted by Gasteiger charge is 2.27. The Kier molecular flexibility index (Phi) is 7.10. The minimum absolute atomic E-state index is 0.146. The van der Waals surface area contributed by atoms with Gasteiger partial charge in [-0.05, 0) is 31.9 Å². The van der Waals surface area contributed by atoms with Gasteiger partial charge < -0.3 is 15.0 Å². The average molecular weight is 373 g/mol. The Morgan fingerprint density at radius 2 is 1.70 bits per heavy atom. The van der Waals surface area contributed by atoms with Gasteiger partial charge in [0.05, 0.1) is 17.9 Å². The Labute approximate surface area is 161 Å². The second kappa shape index (κ2) is 9.74. The summed E-state index contributed by atoms with van der Waals surface area (Å²) in [7, 11) is 0. The largest absolute Gasteiger partial charge is 0.462 e. The van der Waals surface area contributed by atoms with Gasteiger partial charge in [-0.3, -0.25) is 4.90 Å². The summed E-state index contributed by atoms with van der Waals surface area (Å²) in [6, 6.07) is 7.54. The number of ether oxygens (including phenoxy) is 1. The number of anilines is 1. The zero-order valence-electron chi connectivity index (χ0n) is 16.3. The quantitative estimate of drug-likeness (QED) is 0.645. The van der Waals surface area contributed by atoms with Gasteiger partial charge in [-0.25, -0.2) is 9.59 Å². The number of benzene rings is 1. The lowest BCUT2D eigenvalue weighted by Gasteiger charge is -2.39. The molecule has 1 N–H and O–H groups in total. The van der Waals surface area contributed by atoms with Crippen molar-refractivity contribution in [2.75, 3.05) is 38.1 Å². The van der Waals surface area contributed by atoms with Crippen LogP contribution < -0.4 is 5.32 Å². The van der Waals surface area contributed by atoms with Crippen LogP contribution >= 0.6 is 0 Å². The number of carbonyl (C=O) groups excluding carboxylic acids is 2. The lowest BCUT2D eigenvalue weighted by molar-refractivity contribution is 0.0527. The molecule has 27 heavy (non-hydrogen) atoms. The van der Waals surface area contributed by atoms with Gasteiger partial charge in [0.25, 0.3) is 0 Å². The predicted molar refractivity (Wildman–Crippen MR) is 106 cm³/mol. The summed E-state index contributed by atoms with van der Waals surface area (Å²) in [5, 5.41) is 2.89. The molecule has 1 saturated heterocycles. The van der Waals surface area contributed by atoms with E-state index >= 15 is 0 Å². The molecule has 2 fully saturated rings. The number of urea groups is 1. The molecule has 3 rings (SSSR count). The maximum absolute atomic E-state index is 12.7. The maximum Gasteiger partial charge on any atom is 0.340 e. The predicted octanol–water partition coefficient (Wildman–Crippen LogP) is 3.74. The van der Waals surface area contributed by atoms with E-state index in [4.69, 9.17) is 4.74 Å². The van der Waals surface area contributed by atoms with Gasteiger partial charge in [-0.15, -0.1) is 0 Å². The fraction of sp³-hybridized carbons (Fsp3) is 0.619. The molecule has 2 amide bonds. The number of nitrogens with zero attached hydrogens (tertiary/aromatic N) is 2. The zero-order chi connectivity index (χ0) is 19.1. The third-order valence-electron chi connectivity index (χ3n) is 5.61. The fourth-order valence-electron chi connectivity index (χ4n) is 4.09. The monoisotopic (exact) mass is 373 g/mol. The first-order valence-corrected chi connectivity index (χ1v) is 10.2. The van der Waals surface area contributed by atoms with Gasteiger partial charge in [0.1, 0.15) is 0 Å². The van der Waals surface area contributed by atoms with Crippen molar-refractivity contribution in [3.63, 3.8) is 0 Å². The summed E-state index contributed by atoms with van der Waals surface area (Å²) < 4.78 is 5.08. The van der Waals surface area contributed by atoms with Crippen molar-refractivity contribution in [1.82, 2.24) is 9.80 Å². The number of hydrogen-bond donors (Lipinski definition) is 1. The van der Waals surface area contributed by atoms with Crippen LogP contribution in [0.4, 0.5) is 10.5 Å². The molecule has 1 saturated carbocycles. The number of piperazine rings is 1. The molecule has 1 aromatic rings. The molecule has 0 radical (unpaired) electrons. The first kappa shape index (κ1) is 19.7. The number of rotatable bonds is 4. The molecular weight excluding hydrogens is 342 g/mol. The van der Waals surface area contributed by atoms with E-state index in [1.165, 1.54) is 38.5 Å². The van der Waals surface area contributed by atoms with Crippen LogP contribution in [0.15, 0.2) is 24.3 Å². The van der Waals surface area contributed by atoms with Crippen LogP contribution in [0.1, 0.15) is 55.8 Å². The standard InChI is InChI=1S/C21H31N3O3/c1-2-27-20(25)18-11-7-8-12-19(18)22-21(26)24-15-13-23(14-16-24)17-9-5-3-4-6-10-17/h7-8,11-12,17H,2-6,9-10,13-16H2,1H3,(H,22,26). The van der Waals surface area contributed by atoms with Crippen molar-refractivity contribution in [2.24, 2.45) is 0 Å². The van der Waals surface area contributed by atoms with Crippen molar-refractivity contribution in [1.29, 1.82) is 0 Å². The number of esters is 1. The van der Waals surface area contributed by atoms with Crippen molar-refractivity contribution in [3.05, 3.63) is 29.8 Å². The van der Waals surface area contributed by atoms with Crippen LogP contribution in [0.2, 0.25) is 0 Å². The van der Waals surface area contributed by atoms with Gasteiger partial charge in [0, 0.05) is 32.2 Å². The molecule has 1 aromatic carbocycles. The molecule has 6 nitrogen and oxygen atoms in total. The third-order valence-corrected chi connectivity index (χ3v) is 5.61. The summed E-state index contributed by atoms with van der Waals surface area (Å²) in [5.74, 6) is -0.411. The second-order valence-electron chi connectivity index (χ2n) is 7.36. The van der Waals surface area contributed by atoms with Gasteiger partial charge in [-0.1, -0.05) is 37.8 Å². The molecule has 1 aliphatic carbocycles. The van der Waals surface area contributed by atoms with Crippen LogP contribution in [0.5, 0.6) is 0 Å². The lowest BCUT2D eigenvalue weighted by Crippen LogP contribution is -2.52. The van der Waals surface area contributed by atoms with Crippen LogP contribution in [0.3, 0.4) is 0 Å². The lowest BCUT2D eigenvalue weighted by atomic mass is 10.1. The van der Waals surface area contributed by atoms with E-state index in [1.807, 2.05) is 11.0 Å². The minimum atomic E-state index is -0.411. The maximum atomic E-state index is 12.7. The van der Waals surface area contributed by atoms with E-state index in [1.54, 1.807) is 25.1 Å². The molecule has 6 heteroatoms. The Morgan fingerprint density at radius 1 is 1.04 bits per heavy atom.